The molecule has 2 N–H and O–H groups in total. The van der Waals surface area contributed by atoms with E-state index in [1.165, 1.54) is 9.96 Å². The number of halogens is 10. The molecular weight excluding hydrogens is 808 g/mol. The molecule has 0 saturated carbocycles. The minimum atomic E-state index is -6.57. The van der Waals surface area contributed by atoms with E-state index in [9.17, 15) is 58.3 Å². The number of fused-ring (bicyclic) bond motifs is 1. The van der Waals surface area contributed by atoms with E-state index >= 15 is 0 Å². The van der Waals surface area contributed by atoms with Crippen molar-refractivity contribution in [1.82, 2.24) is 30.0 Å². The average molecular weight is 854 g/mol. The third kappa shape index (κ3) is 9.82. The van der Waals surface area contributed by atoms with Crippen LogP contribution in [0.2, 0.25) is 0 Å². The van der Waals surface area contributed by atoms with Crippen molar-refractivity contribution in [3.8, 4) is 0 Å². The molecule has 3 fully saturated rings. The Morgan fingerprint density at radius 2 is 1.36 bits per heavy atom. The summed E-state index contributed by atoms with van der Waals surface area (Å²) >= 11 is 0. The summed E-state index contributed by atoms with van der Waals surface area (Å²) in [5.74, 6) is -13.1. The number of piperidine rings is 2. The molecule has 4 aliphatic rings. The van der Waals surface area contributed by atoms with Gasteiger partial charge in [0, 0.05) is 94.2 Å². The number of hydroxylamine groups is 2. The van der Waals surface area contributed by atoms with Gasteiger partial charge >= 0.3 is 36.3 Å². The molecule has 0 spiro atoms. The van der Waals surface area contributed by atoms with Crippen molar-refractivity contribution >= 4 is 23.7 Å². The molecule has 0 unspecified atom stereocenters. The van der Waals surface area contributed by atoms with Crippen LogP contribution in [0.5, 0.6) is 0 Å². The van der Waals surface area contributed by atoms with Crippen molar-refractivity contribution in [2.24, 2.45) is 0 Å². The lowest BCUT2D eigenvalue weighted by Crippen LogP contribution is -2.56. The molecule has 0 bridgehead atoms. The van der Waals surface area contributed by atoms with Gasteiger partial charge in [-0.15, -0.1) is 5.06 Å². The van der Waals surface area contributed by atoms with Gasteiger partial charge in [0.2, 0.25) is 5.91 Å². The highest BCUT2D eigenvalue weighted by Crippen LogP contribution is 2.52. The standard InChI is InChI=1S/C38H45F10N7O4/c1-51-18-20-52(21-19-51)26-9-13-53(14-10-26)32(56)31(23-24-6-7-28(35(39,40)37(43,44)45)29(22-24)36(41,42)38(46,47)48)50-34(58)59-54-15-11-27(12-16-54)55-17-8-25-4-2-3-5-30(25)49-33(55)57/h2-7,22,26-27,31H,8-21,23H2,1H3,(H,49,57)(H,50,58)/t31-/m1/s1. The molecule has 4 heterocycles. The van der Waals surface area contributed by atoms with Gasteiger partial charge in [-0.25, -0.2) is 9.59 Å². The van der Waals surface area contributed by atoms with E-state index < -0.39 is 65.4 Å². The second kappa shape index (κ2) is 17.3. The lowest BCUT2D eigenvalue weighted by atomic mass is 9.91. The molecule has 21 heteroatoms. The number of anilines is 1. The first kappa shape index (κ1) is 44.2. The normalized spacial score (nSPS) is 20.8. The van der Waals surface area contributed by atoms with E-state index in [-0.39, 0.29) is 56.4 Å². The maximum Gasteiger partial charge on any atom is 0.458 e. The maximum atomic E-state index is 14.7. The molecule has 4 amide bonds. The first-order valence-corrected chi connectivity index (χ1v) is 19.3. The molecule has 2 aromatic rings. The summed E-state index contributed by atoms with van der Waals surface area (Å²) in [5.41, 5.74) is -4.22. The largest absolute Gasteiger partial charge is 0.458 e. The fourth-order valence-corrected chi connectivity index (χ4v) is 8.12. The number of nitrogens with zero attached hydrogens (tertiary/aromatic N) is 5. The zero-order chi connectivity index (χ0) is 42.9. The predicted molar refractivity (Wildman–Crippen MR) is 193 cm³/mol. The minimum absolute atomic E-state index is 0.123. The summed E-state index contributed by atoms with van der Waals surface area (Å²) in [5, 5.41) is 6.50. The SMILES string of the molecule is CN1CCN(C2CCN(C(=O)[C@@H](Cc3ccc(C(F)(F)C(F)(F)F)c(C(F)(F)C(F)(F)F)c3)NC(=O)ON3CCC(N4CCc5ccccc5NC4=O)CC3)CC2)CC1. The molecule has 1 atom stereocenters. The number of benzene rings is 2. The Morgan fingerprint density at radius 3 is 1.98 bits per heavy atom. The number of alkyl halides is 10. The van der Waals surface area contributed by atoms with Crippen LogP contribution in [0.3, 0.4) is 0 Å². The van der Waals surface area contributed by atoms with Crippen molar-refractivity contribution in [2.75, 3.05) is 71.3 Å². The number of hydrogen-bond donors (Lipinski definition) is 2. The fourth-order valence-electron chi connectivity index (χ4n) is 8.12. The quantitative estimate of drug-likeness (QED) is 0.285. The van der Waals surface area contributed by atoms with E-state index in [2.05, 4.69) is 20.4 Å². The number of carbonyl (C=O) groups excluding carboxylic acids is 3. The lowest BCUT2D eigenvalue weighted by Gasteiger charge is -2.42. The van der Waals surface area contributed by atoms with Crippen molar-refractivity contribution in [2.45, 2.75) is 80.8 Å². The van der Waals surface area contributed by atoms with Gasteiger partial charge in [0.25, 0.3) is 0 Å². The third-order valence-corrected chi connectivity index (χ3v) is 11.6. The first-order chi connectivity index (χ1) is 27.7. The van der Waals surface area contributed by atoms with Crippen molar-refractivity contribution in [1.29, 1.82) is 0 Å². The van der Waals surface area contributed by atoms with Crippen LogP contribution in [0.15, 0.2) is 42.5 Å². The third-order valence-electron chi connectivity index (χ3n) is 11.6. The lowest BCUT2D eigenvalue weighted by molar-refractivity contribution is -0.301. The zero-order valence-electron chi connectivity index (χ0n) is 32.0. The number of piperazine rings is 1. The van der Waals surface area contributed by atoms with E-state index in [1.807, 2.05) is 25.2 Å². The second-order valence-electron chi connectivity index (χ2n) is 15.4. The molecule has 0 aliphatic carbocycles. The minimum Gasteiger partial charge on any atom is -0.351 e. The molecule has 326 valence electrons. The van der Waals surface area contributed by atoms with E-state index in [0.29, 0.717) is 50.4 Å². The van der Waals surface area contributed by atoms with Crippen LogP contribution in [0.4, 0.5) is 59.2 Å². The summed E-state index contributed by atoms with van der Waals surface area (Å²) in [6.07, 6.45) is -12.7. The fraction of sp³-hybridized carbons (Fsp3) is 0.605. The van der Waals surface area contributed by atoms with Crippen LogP contribution in [0.1, 0.15) is 47.9 Å². The maximum absolute atomic E-state index is 14.7. The molecule has 0 aromatic heterocycles. The number of urea groups is 1. The van der Waals surface area contributed by atoms with Crippen LogP contribution in [-0.2, 0) is 34.3 Å². The number of amides is 4. The molecule has 0 radical (unpaired) electrons. The topological polar surface area (TPSA) is 101 Å². The van der Waals surface area contributed by atoms with Gasteiger partial charge in [-0.1, -0.05) is 30.3 Å². The van der Waals surface area contributed by atoms with Gasteiger partial charge in [0.05, 0.1) is 0 Å². The second-order valence-corrected chi connectivity index (χ2v) is 15.4. The number of likely N-dealkylation sites (N-methyl/N-ethyl adjacent to an activating group) is 1. The molecule has 4 aliphatic heterocycles. The monoisotopic (exact) mass is 853 g/mol. The summed E-state index contributed by atoms with van der Waals surface area (Å²) in [7, 11) is 2.00. The molecule has 3 saturated heterocycles. The Bertz CT molecular complexity index is 1820. The average Bonchev–Trinajstić information content (AvgIpc) is 3.35. The highest BCUT2D eigenvalue weighted by molar-refractivity contribution is 5.91. The van der Waals surface area contributed by atoms with Gasteiger partial charge in [-0.3, -0.25) is 9.69 Å². The van der Waals surface area contributed by atoms with Crippen LogP contribution < -0.4 is 10.6 Å². The summed E-state index contributed by atoms with van der Waals surface area (Å²) in [6.45, 7) is 4.39. The number of carbonyl (C=O) groups is 3. The van der Waals surface area contributed by atoms with Crippen LogP contribution in [0, 0.1) is 0 Å². The summed E-state index contributed by atoms with van der Waals surface area (Å²) in [6, 6.07) is 5.48. The summed E-state index contributed by atoms with van der Waals surface area (Å²) < 4.78 is 139. The highest BCUT2D eigenvalue weighted by atomic mass is 19.4. The number of para-hydroxylation sites is 1. The number of rotatable bonds is 9. The number of likely N-dealkylation sites (tertiary alicyclic amines) is 1. The van der Waals surface area contributed by atoms with Crippen molar-refractivity contribution in [3.63, 3.8) is 0 Å². The van der Waals surface area contributed by atoms with Gasteiger partial charge in [0.1, 0.15) is 6.04 Å². The molecule has 59 heavy (non-hydrogen) atoms. The van der Waals surface area contributed by atoms with Crippen molar-refractivity contribution < 1.29 is 63.1 Å². The number of hydrogen-bond acceptors (Lipinski definition) is 7. The van der Waals surface area contributed by atoms with Crippen LogP contribution >= 0.6 is 0 Å². The Morgan fingerprint density at radius 1 is 0.763 bits per heavy atom. The molecular formula is C38H45F10N7O4. The van der Waals surface area contributed by atoms with Gasteiger partial charge < -0.3 is 30.2 Å². The molecule has 6 rings (SSSR count). The summed E-state index contributed by atoms with van der Waals surface area (Å²) in [4.78, 5) is 53.3. The van der Waals surface area contributed by atoms with Crippen molar-refractivity contribution in [3.05, 3.63) is 64.7 Å². The van der Waals surface area contributed by atoms with E-state index in [1.54, 1.807) is 11.0 Å². The van der Waals surface area contributed by atoms with Gasteiger partial charge in [-0.2, -0.15) is 43.9 Å². The van der Waals surface area contributed by atoms with Crippen LogP contribution in [0.25, 0.3) is 0 Å². The first-order valence-electron chi connectivity index (χ1n) is 19.3. The molecule has 2 aromatic carbocycles. The highest BCUT2D eigenvalue weighted by Gasteiger charge is 2.65. The Labute approximate surface area is 333 Å². The van der Waals surface area contributed by atoms with E-state index in [4.69, 9.17) is 4.84 Å². The zero-order valence-corrected chi connectivity index (χ0v) is 32.0. The van der Waals surface area contributed by atoms with Crippen LogP contribution in [-0.4, -0.2) is 139 Å². The molecule has 11 nitrogen and oxygen atoms in total. The Kier molecular flexibility index (Phi) is 13.0. The van der Waals surface area contributed by atoms with Gasteiger partial charge in [0.15, 0.2) is 0 Å². The van der Waals surface area contributed by atoms with E-state index in [0.717, 1.165) is 31.7 Å². The smallest absolute Gasteiger partial charge is 0.351 e. The predicted octanol–water partition coefficient (Wildman–Crippen LogP) is 6.34. The number of nitrogens with one attached hydrogen (secondary N) is 2. The Balaban J connectivity index is 1.17. The Hall–Kier alpha value is -4.37. The van der Waals surface area contributed by atoms with Gasteiger partial charge in [-0.05, 0) is 62.4 Å².